The Kier molecular flexibility index (Phi) is 2.41. The molecule has 0 aliphatic rings. The van der Waals surface area contributed by atoms with Crippen molar-refractivity contribution in [1.82, 2.24) is 0 Å². The predicted molar refractivity (Wildman–Crippen MR) is 57.5 cm³/mol. The Morgan fingerprint density at radius 1 is 1.29 bits per heavy atom. The zero-order valence-electron chi connectivity index (χ0n) is 7.69. The normalized spacial score (nSPS) is 10.1. The maximum absolute atomic E-state index is 10.8. The van der Waals surface area contributed by atoms with E-state index in [0.717, 1.165) is 10.8 Å². The van der Waals surface area contributed by atoms with Crippen molar-refractivity contribution < 1.29 is 9.53 Å². The van der Waals surface area contributed by atoms with Crippen LogP contribution in [0.15, 0.2) is 35.0 Å². The van der Waals surface area contributed by atoms with Crippen LogP contribution in [0.2, 0.25) is 0 Å². The number of rotatable bonds is 1. The van der Waals surface area contributed by atoms with Crippen LogP contribution in [-0.2, 0) is 4.79 Å². The van der Waals surface area contributed by atoms with E-state index >= 15 is 0 Å². The molecule has 0 radical (unpaired) electrons. The first kappa shape index (κ1) is 9.09. The van der Waals surface area contributed by atoms with Crippen molar-refractivity contribution in [3.63, 3.8) is 0 Å². The Morgan fingerprint density at radius 2 is 2.07 bits per heavy atom. The summed E-state index contributed by atoms with van der Waals surface area (Å²) in [5.74, 6) is 0.356. The molecule has 1 aromatic carbocycles. The lowest BCUT2D eigenvalue weighted by atomic mass is 10.2. The van der Waals surface area contributed by atoms with Gasteiger partial charge in [0.05, 0.1) is 0 Å². The van der Waals surface area contributed by atoms with Crippen LogP contribution in [0.4, 0.5) is 0 Å². The molecule has 14 heavy (non-hydrogen) atoms. The van der Waals surface area contributed by atoms with Crippen LogP contribution in [0.1, 0.15) is 6.92 Å². The minimum atomic E-state index is -0.284. The van der Waals surface area contributed by atoms with Gasteiger partial charge in [0.2, 0.25) is 22.1 Å². The molecule has 0 spiro atoms. The van der Waals surface area contributed by atoms with Gasteiger partial charge in [-0.25, -0.2) is 0 Å². The summed E-state index contributed by atoms with van der Waals surface area (Å²) in [6, 6.07) is 7.84. The SMILES string of the molecule is CC(=O)Oc1c[s+]cc2ccccc12. The van der Waals surface area contributed by atoms with E-state index in [1.54, 1.807) is 0 Å². The van der Waals surface area contributed by atoms with Gasteiger partial charge >= 0.3 is 5.97 Å². The molecule has 0 atom stereocenters. The highest BCUT2D eigenvalue weighted by Gasteiger charge is 2.09. The molecule has 0 saturated carbocycles. The summed E-state index contributed by atoms with van der Waals surface area (Å²) >= 11 is 1.52. The van der Waals surface area contributed by atoms with Gasteiger partial charge in [-0.3, -0.25) is 4.79 Å². The summed E-state index contributed by atoms with van der Waals surface area (Å²) in [5, 5.41) is 5.93. The smallest absolute Gasteiger partial charge is 0.308 e. The zero-order chi connectivity index (χ0) is 9.97. The fourth-order valence-electron chi connectivity index (χ4n) is 1.29. The van der Waals surface area contributed by atoms with Crippen LogP contribution in [0, 0.1) is 0 Å². The van der Waals surface area contributed by atoms with E-state index in [2.05, 4.69) is 0 Å². The van der Waals surface area contributed by atoms with Crippen molar-refractivity contribution in [1.29, 1.82) is 0 Å². The molecule has 0 aliphatic carbocycles. The van der Waals surface area contributed by atoms with Crippen LogP contribution in [0.25, 0.3) is 10.8 Å². The van der Waals surface area contributed by atoms with Crippen LogP contribution in [-0.4, -0.2) is 5.97 Å². The van der Waals surface area contributed by atoms with Gasteiger partial charge in [0.15, 0.2) is 5.75 Å². The molecule has 1 aromatic heterocycles. The van der Waals surface area contributed by atoms with Crippen LogP contribution in [0.5, 0.6) is 5.75 Å². The van der Waals surface area contributed by atoms with E-state index in [9.17, 15) is 4.79 Å². The van der Waals surface area contributed by atoms with E-state index in [1.165, 1.54) is 18.3 Å². The lowest BCUT2D eigenvalue weighted by molar-refractivity contribution is -0.131. The largest absolute Gasteiger partial charge is 0.421 e. The van der Waals surface area contributed by atoms with Gasteiger partial charge in [-0.2, -0.15) is 0 Å². The Hall–Kier alpha value is -1.48. The Labute approximate surface area is 85.8 Å². The van der Waals surface area contributed by atoms with Crippen molar-refractivity contribution in [2.45, 2.75) is 6.92 Å². The summed E-state index contributed by atoms with van der Waals surface area (Å²) in [7, 11) is 0. The van der Waals surface area contributed by atoms with Crippen molar-refractivity contribution in [3.05, 3.63) is 35.0 Å². The summed E-state index contributed by atoms with van der Waals surface area (Å²) in [6.07, 6.45) is 0. The van der Waals surface area contributed by atoms with Gasteiger partial charge < -0.3 is 4.74 Å². The quantitative estimate of drug-likeness (QED) is 0.528. The van der Waals surface area contributed by atoms with Gasteiger partial charge in [-0.05, 0) is 6.07 Å². The highest BCUT2D eigenvalue weighted by molar-refractivity contribution is 7.08. The highest BCUT2D eigenvalue weighted by Crippen LogP contribution is 2.27. The number of ether oxygens (including phenoxy) is 1. The number of carbonyl (C=O) groups is 1. The van der Waals surface area contributed by atoms with E-state index in [0.29, 0.717) is 5.75 Å². The minimum absolute atomic E-state index is 0.284. The first-order valence-electron chi connectivity index (χ1n) is 4.24. The maximum atomic E-state index is 10.8. The summed E-state index contributed by atoms with van der Waals surface area (Å²) in [4.78, 5) is 10.8. The molecule has 2 aromatic rings. The van der Waals surface area contributed by atoms with Gasteiger partial charge in [0.25, 0.3) is 0 Å². The molecule has 0 saturated heterocycles. The van der Waals surface area contributed by atoms with Crippen molar-refractivity contribution in [3.8, 4) is 5.75 Å². The molecule has 0 aliphatic heterocycles. The highest BCUT2D eigenvalue weighted by atomic mass is 32.1. The number of benzene rings is 1. The van der Waals surface area contributed by atoms with Gasteiger partial charge in [-0.1, -0.05) is 18.2 Å². The molecular weight excluding hydrogens is 196 g/mol. The molecule has 0 fully saturated rings. The van der Waals surface area contributed by atoms with E-state index in [4.69, 9.17) is 4.74 Å². The Morgan fingerprint density at radius 3 is 2.86 bits per heavy atom. The number of hydrogen-bond acceptors (Lipinski definition) is 2. The molecule has 0 bridgehead atoms. The third-order valence-corrected chi connectivity index (χ3v) is 2.59. The second-order valence-corrected chi connectivity index (χ2v) is 3.66. The summed E-state index contributed by atoms with van der Waals surface area (Å²) < 4.78 is 5.10. The van der Waals surface area contributed by atoms with E-state index in [-0.39, 0.29) is 5.97 Å². The van der Waals surface area contributed by atoms with Crippen molar-refractivity contribution in [2.24, 2.45) is 0 Å². The van der Waals surface area contributed by atoms with Crippen molar-refractivity contribution in [2.75, 3.05) is 0 Å². The number of hydrogen-bond donors (Lipinski definition) is 0. The summed E-state index contributed by atoms with van der Waals surface area (Å²) in [6.45, 7) is 1.41. The fraction of sp³-hybridized carbons (Fsp3) is 0.0909. The monoisotopic (exact) mass is 205 g/mol. The average molecular weight is 205 g/mol. The lowest BCUT2D eigenvalue weighted by Crippen LogP contribution is -2.01. The second kappa shape index (κ2) is 3.72. The molecule has 70 valence electrons. The molecular formula is C11H9O2S+. The molecule has 2 rings (SSSR count). The summed E-state index contributed by atoms with van der Waals surface area (Å²) in [5.41, 5.74) is 0. The number of fused-ring (bicyclic) bond motifs is 1. The fourth-order valence-corrected chi connectivity index (χ4v) is 2.01. The van der Waals surface area contributed by atoms with Gasteiger partial charge in [0.1, 0.15) is 0 Å². The first-order valence-corrected chi connectivity index (χ1v) is 5.18. The number of carbonyl (C=O) groups excluding carboxylic acids is 1. The molecule has 2 nitrogen and oxygen atoms in total. The van der Waals surface area contributed by atoms with E-state index < -0.39 is 0 Å². The maximum Gasteiger partial charge on any atom is 0.308 e. The third-order valence-electron chi connectivity index (χ3n) is 1.85. The van der Waals surface area contributed by atoms with Gasteiger partial charge in [-0.15, -0.1) is 0 Å². The third kappa shape index (κ3) is 1.72. The van der Waals surface area contributed by atoms with E-state index in [1.807, 2.05) is 35.0 Å². The average Bonchev–Trinajstić information content (AvgIpc) is 2.18. The van der Waals surface area contributed by atoms with Crippen LogP contribution < -0.4 is 4.74 Å². The molecule has 3 heteroatoms. The zero-order valence-corrected chi connectivity index (χ0v) is 8.51. The predicted octanol–water partition coefficient (Wildman–Crippen LogP) is 3.11. The minimum Gasteiger partial charge on any atom is -0.421 e. The van der Waals surface area contributed by atoms with Crippen LogP contribution >= 0.6 is 11.3 Å². The molecule has 1 heterocycles. The van der Waals surface area contributed by atoms with Crippen molar-refractivity contribution >= 4 is 28.1 Å². The second-order valence-electron chi connectivity index (χ2n) is 2.92. The number of esters is 1. The molecule has 0 amide bonds. The Balaban J connectivity index is 2.59. The molecule has 0 unspecified atom stereocenters. The Bertz CT molecular complexity index is 474. The topological polar surface area (TPSA) is 26.3 Å². The lowest BCUT2D eigenvalue weighted by Gasteiger charge is -1.99. The first-order chi connectivity index (χ1) is 6.77. The molecule has 0 N–H and O–H groups in total. The standard InChI is InChI=1S/C11H9O2S/c1-8(12)13-11-7-14-6-9-4-2-3-5-10(9)11/h2-7H,1H3/q+1. The van der Waals surface area contributed by atoms with Gasteiger partial charge in [0, 0.05) is 17.7 Å². The van der Waals surface area contributed by atoms with Crippen LogP contribution in [0.3, 0.4) is 0 Å².